The van der Waals surface area contributed by atoms with Gasteiger partial charge in [0.05, 0.1) is 0 Å². The van der Waals surface area contributed by atoms with Crippen LogP contribution < -0.4 is 0 Å². The van der Waals surface area contributed by atoms with E-state index in [-0.39, 0.29) is 0 Å². The second kappa shape index (κ2) is 11.8. The van der Waals surface area contributed by atoms with Gasteiger partial charge in [-0.15, -0.1) is 0 Å². The van der Waals surface area contributed by atoms with Crippen molar-refractivity contribution in [2.75, 3.05) is 0 Å². The number of hydrogen-bond acceptors (Lipinski definition) is 1. The van der Waals surface area contributed by atoms with Gasteiger partial charge in [0.1, 0.15) is 11.3 Å². The van der Waals surface area contributed by atoms with E-state index in [4.69, 9.17) is 4.42 Å². The highest BCUT2D eigenvalue weighted by Gasteiger charge is 2.22. The van der Waals surface area contributed by atoms with E-state index in [1.807, 2.05) is 0 Å². The Morgan fingerprint density at radius 2 is 0.849 bits per heavy atom. The fourth-order valence-electron chi connectivity index (χ4n) is 8.54. The van der Waals surface area contributed by atoms with E-state index in [1.165, 1.54) is 70.9 Å². The lowest BCUT2D eigenvalue weighted by atomic mass is 9.86. The zero-order valence-electron chi connectivity index (χ0n) is 28.9. The van der Waals surface area contributed by atoms with Crippen molar-refractivity contribution in [1.29, 1.82) is 0 Å². The highest BCUT2D eigenvalue weighted by Crippen LogP contribution is 2.47. The maximum Gasteiger partial charge on any atom is 0.143 e. The average Bonchev–Trinajstić information content (AvgIpc) is 3.63. The zero-order valence-corrected chi connectivity index (χ0v) is 28.9. The van der Waals surface area contributed by atoms with E-state index in [0.717, 1.165) is 39.0 Å². The summed E-state index contributed by atoms with van der Waals surface area (Å²) in [4.78, 5) is 0. The lowest BCUT2D eigenvalue weighted by Crippen LogP contribution is -1.90. The summed E-state index contributed by atoms with van der Waals surface area (Å²) >= 11 is 0. The van der Waals surface area contributed by atoms with Crippen molar-refractivity contribution in [1.82, 2.24) is 0 Å². The first-order chi connectivity index (χ1) is 26.3. The standard InChI is InChI=1S/C52H32O/c1-3-12-34(13-4-1)50-47-20-10-19-46(52(47)53-51(50)37-14-5-2-6-15-37)43-28-24-36-25-29-44-42(27-23-35-26-30-45(43)49(36)48(35)44)41-18-9-17-39(32-41)40-22-21-33-11-7-8-16-38(33)31-40/h1-32H. The summed E-state index contributed by atoms with van der Waals surface area (Å²) in [5.41, 5.74) is 11.4. The molecular formula is C52H32O. The Balaban J connectivity index is 1.11. The van der Waals surface area contributed by atoms with Gasteiger partial charge in [-0.1, -0.05) is 182 Å². The molecule has 11 rings (SSSR count). The van der Waals surface area contributed by atoms with Crippen LogP contribution >= 0.6 is 0 Å². The van der Waals surface area contributed by atoms with Crippen molar-refractivity contribution in [3.63, 3.8) is 0 Å². The molecule has 0 fully saturated rings. The summed E-state index contributed by atoms with van der Waals surface area (Å²) < 4.78 is 6.96. The summed E-state index contributed by atoms with van der Waals surface area (Å²) in [6, 6.07) is 70.3. The van der Waals surface area contributed by atoms with Crippen molar-refractivity contribution in [2.24, 2.45) is 0 Å². The molecule has 0 aliphatic carbocycles. The highest BCUT2D eigenvalue weighted by molar-refractivity contribution is 6.28. The van der Waals surface area contributed by atoms with Crippen LogP contribution in [0.1, 0.15) is 0 Å². The number of hydrogen-bond donors (Lipinski definition) is 0. The molecule has 0 unspecified atom stereocenters. The third-order valence-corrected chi connectivity index (χ3v) is 11.0. The van der Waals surface area contributed by atoms with Crippen LogP contribution in [0.4, 0.5) is 0 Å². The van der Waals surface area contributed by atoms with Crippen LogP contribution in [0, 0.1) is 0 Å². The summed E-state index contributed by atoms with van der Waals surface area (Å²) in [5.74, 6) is 0.896. The number of rotatable bonds is 5. The van der Waals surface area contributed by atoms with Crippen LogP contribution in [0.25, 0.3) is 110 Å². The van der Waals surface area contributed by atoms with Gasteiger partial charge in [-0.3, -0.25) is 0 Å². The average molecular weight is 673 g/mol. The molecule has 0 radical (unpaired) electrons. The Kier molecular flexibility index (Phi) is 6.62. The van der Waals surface area contributed by atoms with Gasteiger partial charge in [0, 0.05) is 22.1 Å². The Hall–Kier alpha value is -6.96. The first-order valence-corrected chi connectivity index (χ1v) is 18.3. The van der Waals surface area contributed by atoms with Crippen molar-refractivity contribution in [3.05, 3.63) is 194 Å². The summed E-state index contributed by atoms with van der Waals surface area (Å²) in [5, 5.41) is 11.2. The Labute approximate surface area is 307 Å². The van der Waals surface area contributed by atoms with E-state index in [0.29, 0.717) is 0 Å². The smallest absolute Gasteiger partial charge is 0.143 e. The first kappa shape index (κ1) is 29.7. The van der Waals surface area contributed by atoms with Crippen molar-refractivity contribution >= 4 is 54.1 Å². The zero-order chi connectivity index (χ0) is 34.9. The Morgan fingerprint density at radius 1 is 0.283 bits per heavy atom. The molecule has 53 heavy (non-hydrogen) atoms. The van der Waals surface area contributed by atoms with Crippen LogP contribution in [0.3, 0.4) is 0 Å². The normalized spacial score (nSPS) is 11.8. The molecule has 10 aromatic carbocycles. The molecule has 0 amide bonds. The fraction of sp³-hybridized carbons (Fsp3) is 0. The molecule has 1 heteroatoms. The first-order valence-electron chi connectivity index (χ1n) is 18.3. The second-order valence-electron chi connectivity index (χ2n) is 14.0. The van der Waals surface area contributed by atoms with Gasteiger partial charge >= 0.3 is 0 Å². The Bertz CT molecular complexity index is 3150. The molecule has 0 bridgehead atoms. The molecule has 1 nitrogen and oxygen atoms in total. The number of para-hydroxylation sites is 1. The van der Waals surface area contributed by atoms with Crippen LogP contribution in [-0.2, 0) is 0 Å². The second-order valence-corrected chi connectivity index (χ2v) is 14.0. The van der Waals surface area contributed by atoms with Crippen LogP contribution in [0.2, 0.25) is 0 Å². The van der Waals surface area contributed by atoms with E-state index in [1.54, 1.807) is 0 Å². The monoisotopic (exact) mass is 672 g/mol. The minimum atomic E-state index is 0.896. The molecule has 0 aliphatic heterocycles. The third-order valence-electron chi connectivity index (χ3n) is 11.0. The summed E-state index contributed by atoms with van der Waals surface area (Å²) in [7, 11) is 0. The van der Waals surface area contributed by atoms with Gasteiger partial charge in [0.2, 0.25) is 0 Å². The quantitative estimate of drug-likeness (QED) is 0.166. The fourth-order valence-corrected chi connectivity index (χ4v) is 8.54. The van der Waals surface area contributed by atoms with E-state index < -0.39 is 0 Å². The molecule has 0 saturated heterocycles. The van der Waals surface area contributed by atoms with Crippen LogP contribution in [0.15, 0.2) is 199 Å². The minimum Gasteiger partial charge on any atom is -0.455 e. The number of furan rings is 1. The summed E-state index contributed by atoms with van der Waals surface area (Å²) in [6.45, 7) is 0. The molecular weight excluding hydrogens is 641 g/mol. The van der Waals surface area contributed by atoms with Crippen molar-refractivity contribution < 1.29 is 4.42 Å². The number of benzene rings is 10. The molecule has 11 aromatic rings. The van der Waals surface area contributed by atoms with Gasteiger partial charge in [0.25, 0.3) is 0 Å². The Morgan fingerprint density at radius 3 is 1.62 bits per heavy atom. The van der Waals surface area contributed by atoms with Gasteiger partial charge in [0.15, 0.2) is 0 Å². The molecule has 1 heterocycles. The topological polar surface area (TPSA) is 13.1 Å². The van der Waals surface area contributed by atoms with Gasteiger partial charge in [-0.25, -0.2) is 0 Å². The summed E-state index contributed by atoms with van der Waals surface area (Å²) in [6.07, 6.45) is 0. The maximum absolute atomic E-state index is 6.96. The van der Waals surface area contributed by atoms with Gasteiger partial charge < -0.3 is 4.42 Å². The molecule has 0 spiro atoms. The SMILES string of the molecule is c1ccc(-c2oc3c(-c4ccc5ccc6c(-c7cccc(-c8ccc9ccccc9c8)c7)ccc7ccc4c5c76)cccc3c2-c2ccccc2)cc1. The molecule has 0 atom stereocenters. The van der Waals surface area contributed by atoms with E-state index in [2.05, 4.69) is 194 Å². The molecule has 0 aliphatic rings. The van der Waals surface area contributed by atoms with Crippen LogP contribution in [0.5, 0.6) is 0 Å². The van der Waals surface area contributed by atoms with Gasteiger partial charge in [-0.05, 0) is 88.6 Å². The minimum absolute atomic E-state index is 0.896. The molecule has 0 N–H and O–H groups in total. The molecule has 1 aromatic heterocycles. The number of fused-ring (bicyclic) bond motifs is 2. The van der Waals surface area contributed by atoms with Crippen molar-refractivity contribution in [3.8, 4) is 55.8 Å². The molecule has 0 saturated carbocycles. The lowest BCUT2D eigenvalue weighted by Gasteiger charge is -2.17. The van der Waals surface area contributed by atoms with Gasteiger partial charge in [-0.2, -0.15) is 0 Å². The van der Waals surface area contributed by atoms with Crippen molar-refractivity contribution in [2.45, 2.75) is 0 Å². The predicted molar refractivity (Wildman–Crippen MR) is 225 cm³/mol. The predicted octanol–water partition coefficient (Wildman–Crippen LogP) is 14.8. The third kappa shape index (κ3) is 4.71. The largest absolute Gasteiger partial charge is 0.455 e. The maximum atomic E-state index is 6.96. The van der Waals surface area contributed by atoms with Crippen LogP contribution in [-0.4, -0.2) is 0 Å². The highest BCUT2D eigenvalue weighted by atomic mass is 16.3. The van der Waals surface area contributed by atoms with E-state index >= 15 is 0 Å². The molecule has 246 valence electrons. The van der Waals surface area contributed by atoms with E-state index in [9.17, 15) is 0 Å². The lowest BCUT2D eigenvalue weighted by molar-refractivity contribution is 0.633.